The number of benzene rings is 1. The Kier molecular flexibility index (Phi) is 11.4. The first-order chi connectivity index (χ1) is 18.0. The van der Waals surface area contributed by atoms with Gasteiger partial charge in [-0.15, -0.1) is 17.5 Å². The molecular formula is C27H42ClN7O3. The fraction of sp³-hybridized carbons (Fsp3) is 0.630. The number of anilines is 1. The number of methoxy groups -OCH3 is 1. The molecule has 2 aromatic rings. The summed E-state index contributed by atoms with van der Waals surface area (Å²) >= 11 is 0. The number of halogens is 1. The number of unbranched alkanes of at least 4 members (excludes halogenated alkanes) is 1. The van der Waals surface area contributed by atoms with Gasteiger partial charge in [0.05, 0.1) is 5.69 Å². The molecule has 0 radical (unpaired) electrons. The number of nitrogens with one attached hydrogen (secondary N) is 3. The highest BCUT2D eigenvalue weighted by atomic mass is 35.5. The Bertz CT molecular complexity index is 1050. The van der Waals surface area contributed by atoms with Crippen LogP contribution in [0.4, 0.5) is 10.5 Å². The van der Waals surface area contributed by atoms with E-state index in [-0.39, 0.29) is 42.2 Å². The van der Waals surface area contributed by atoms with E-state index in [4.69, 9.17) is 4.74 Å². The fourth-order valence-electron chi connectivity index (χ4n) is 5.40. The third-order valence-electron chi connectivity index (χ3n) is 7.19. The number of aromatic amines is 1. The number of carbonyl (C=O) groups excluding carboxylic acids is 2. The van der Waals surface area contributed by atoms with Gasteiger partial charge in [-0.1, -0.05) is 37.3 Å². The van der Waals surface area contributed by atoms with Gasteiger partial charge in [0.25, 0.3) is 5.91 Å². The molecule has 10 nitrogen and oxygen atoms in total. The van der Waals surface area contributed by atoms with Crippen LogP contribution in [0.3, 0.4) is 0 Å². The molecule has 2 atom stereocenters. The van der Waals surface area contributed by atoms with Crippen LogP contribution in [0.15, 0.2) is 24.3 Å². The molecule has 2 saturated heterocycles. The highest BCUT2D eigenvalue weighted by Crippen LogP contribution is 2.34. The standard InChI is InChI=1S/C27H41N7O3.ClH/c1-19(2)18-34(26(35)25-23(30-32-31-25)10-6-7-14-37-3)24-11-5-4-9-22(24)20-15-21(17-28-16-20)33-13-8-12-29-27(33)36;/h4-5,9,11,19-21,28H,6-8,10,12-18H2,1-3H3,(H,29,36)(H,30,31,32);1H/t20-,21-;/m1./s1. The fourth-order valence-corrected chi connectivity index (χ4v) is 5.40. The predicted octanol–water partition coefficient (Wildman–Crippen LogP) is 3.36. The molecule has 11 heteroatoms. The van der Waals surface area contributed by atoms with Gasteiger partial charge in [0.15, 0.2) is 5.69 Å². The van der Waals surface area contributed by atoms with Crippen molar-refractivity contribution in [1.82, 2.24) is 30.9 Å². The van der Waals surface area contributed by atoms with E-state index in [0.717, 1.165) is 68.8 Å². The van der Waals surface area contributed by atoms with E-state index >= 15 is 0 Å². The molecule has 0 saturated carbocycles. The monoisotopic (exact) mass is 547 g/mol. The highest BCUT2D eigenvalue weighted by molar-refractivity contribution is 6.06. The molecule has 38 heavy (non-hydrogen) atoms. The lowest BCUT2D eigenvalue weighted by atomic mass is 9.86. The lowest BCUT2D eigenvalue weighted by molar-refractivity contribution is 0.0977. The molecule has 4 rings (SSSR count). The second-order valence-electron chi connectivity index (χ2n) is 10.5. The van der Waals surface area contributed by atoms with Crippen LogP contribution in [-0.4, -0.2) is 84.7 Å². The Morgan fingerprint density at radius 1 is 1.24 bits per heavy atom. The summed E-state index contributed by atoms with van der Waals surface area (Å²) in [7, 11) is 1.69. The Labute approximate surface area is 231 Å². The zero-order chi connectivity index (χ0) is 26.2. The molecule has 0 spiro atoms. The molecule has 2 aliphatic rings. The Morgan fingerprint density at radius 2 is 2.05 bits per heavy atom. The summed E-state index contributed by atoms with van der Waals surface area (Å²) in [5.41, 5.74) is 3.18. The molecule has 3 N–H and O–H groups in total. The Balaban J connectivity index is 0.00000400. The van der Waals surface area contributed by atoms with Crippen LogP contribution in [0, 0.1) is 5.92 Å². The van der Waals surface area contributed by atoms with Gasteiger partial charge in [0, 0.05) is 64.1 Å². The minimum Gasteiger partial charge on any atom is -0.385 e. The molecule has 0 bridgehead atoms. The second-order valence-corrected chi connectivity index (χ2v) is 10.5. The Morgan fingerprint density at radius 3 is 2.82 bits per heavy atom. The third-order valence-corrected chi connectivity index (χ3v) is 7.19. The molecule has 2 fully saturated rings. The summed E-state index contributed by atoms with van der Waals surface area (Å²) in [6, 6.07) is 8.31. The minimum atomic E-state index is -0.132. The molecule has 1 aromatic carbocycles. The van der Waals surface area contributed by atoms with Crippen molar-refractivity contribution in [2.75, 3.05) is 51.3 Å². The van der Waals surface area contributed by atoms with Crippen LogP contribution in [0.2, 0.25) is 0 Å². The maximum Gasteiger partial charge on any atom is 0.317 e. The molecule has 210 valence electrons. The summed E-state index contributed by atoms with van der Waals surface area (Å²) in [6.07, 6.45) is 4.31. The molecule has 1 aromatic heterocycles. The van der Waals surface area contributed by atoms with E-state index in [1.54, 1.807) is 7.11 Å². The zero-order valence-electron chi connectivity index (χ0n) is 22.7. The van der Waals surface area contributed by atoms with Gasteiger partial charge < -0.3 is 25.2 Å². The van der Waals surface area contributed by atoms with E-state index in [1.807, 2.05) is 28.0 Å². The van der Waals surface area contributed by atoms with Gasteiger partial charge in [0.1, 0.15) is 0 Å². The predicted molar refractivity (Wildman–Crippen MR) is 150 cm³/mol. The summed E-state index contributed by atoms with van der Waals surface area (Å²) in [5.74, 6) is 0.314. The number of rotatable bonds is 11. The molecule has 3 amide bonds. The smallest absolute Gasteiger partial charge is 0.317 e. The maximum atomic E-state index is 13.9. The van der Waals surface area contributed by atoms with E-state index in [1.165, 1.54) is 0 Å². The molecular weight excluding hydrogens is 506 g/mol. The maximum absolute atomic E-state index is 13.9. The van der Waals surface area contributed by atoms with Crippen molar-refractivity contribution in [3.05, 3.63) is 41.2 Å². The van der Waals surface area contributed by atoms with Crippen molar-refractivity contribution in [3.63, 3.8) is 0 Å². The van der Waals surface area contributed by atoms with Gasteiger partial charge in [0.2, 0.25) is 0 Å². The van der Waals surface area contributed by atoms with E-state index in [9.17, 15) is 9.59 Å². The van der Waals surface area contributed by atoms with Crippen LogP contribution >= 0.6 is 12.4 Å². The number of urea groups is 1. The van der Waals surface area contributed by atoms with E-state index in [0.29, 0.717) is 25.3 Å². The molecule has 0 unspecified atom stereocenters. The van der Waals surface area contributed by atoms with Gasteiger partial charge >= 0.3 is 6.03 Å². The van der Waals surface area contributed by atoms with Crippen molar-refractivity contribution in [3.8, 4) is 0 Å². The van der Waals surface area contributed by atoms with Crippen LogP contribution in [0.25, 0.3) is 0 Å². The average molecular weight is 548 g/mol. The van der Waals surface area contributed by atoms with Crippen molar-refractivity contribution in [2.24, 2.45) is 5.92 Å². The number of hydrogen-bond donors (Lipinski definition) is 3. The van der Waals surface area contributed by atoms with Gasteiger partial charge in [-0.05, 0) is 49.7 Å². The highest BCUT2D eigenvalue weighted by Gasteiger charge is 2.34. The third kappa shape index (κ3) is 7.24. The molecule has 3 heterocycles. The van der Waals surface area contributed by atoms with Crippen molar-refractivity contribution >= 4 is 30.0 Å². The second kappa shape index (κ2) is 14.5. The number of carbonyl (C=O) groups is 2. The first kappa shape index (κ1) is 29.9. The van der Waals surface area contributed by atoms with E-state index < -0.39 is 0 Å². The van der Waals surface area contributed by atoms with Crippen molar-refractivity contribution < 1.29 is 14.3 Å². The van der Waals surface area contributed by atoms with Crippen LogP contribution in [0.1, 0.15) is 67.2 Å². The minimum absolute atomic E-state index is 0. The topological polar surface area (TPSA) is 115 Å². The van der Waals surface area contributed by atoms with Crippen LogP contribution in [-0.2, 0) is 11.2 Å². The van der Waals surface area contributed by atoms with Gasteiger partial charge in [-0.3, -0.25) is 9.89 Å². The number of piperidine rings is 1. The lowest BCUT2D eigenvalue weighted by Gasteiger charge is -2.40. The number of ether oxygens (including phenoxy) is 1. The average Bonchev–Trinajstić information content (AvgIpc) is 3.38. The summed E-state index contributed by atoms with van der Waals surface area (Å²) in [4.78, 5) is 30.3. The Hall–Kier alpha value is -2.69. The number of amides is 3. The number of aryl methyl sites for hydroxylation is 1. The summed E-state index contributed by atoms with van der Waals surface area (Å²) in [5, 5.41) is 17.6. The number of nitrogens with zero attached hydrogens (tertiary/aromatic N) is 4. The van der Waals surface area contributed by atoms with Crippen molar-refractivity contribution in [1.29, 1.82) is 0 Å². The first-order valence-corrected chi connectivity index (χ1v) is 13.5. The summed E-state index contributed by atoms with van der Waals surface area (Å²) in [6.45, 7) is 8.61. The SMILES string of the molecule is COCCCCc1[nH]nnc1C(=O)N(CC(C)C)c1ccccc1[C@H]1CNC[C@H](N2CCCNC2=O)C1.Cl. The number of para-hydroxylation sites is 1. The van der Waals surface area contributed by atoms with E-state index in [2.05, 4.69) is 46.0 Å². The van der Waals surface area contributed by atoms with Crippen molar-refractivity contribution in [2.45, 2.75) is 57.9 Å². The number of aromatic nitrogens is 3. The summed E-state index contributed by atoms with van der Waals surface area (Å²) < 4.78 is 5.15. The quantitative estimate of drug-likeness (QED) is 0.372. The molecule has 0 aliphatic carbocycles. The first-order valence-electron chi connectivity index (χ1n) is 13.5. The number of H-pyrrole nitrogens is 1. The molecule has 2 aliphatic heterocycles. The van der Waals surface area contributed by atoms with Gasteiger partial charge in [-0.2, -0.15) is 0 Å². The lowest BCUT2D eigenvalue weighted by Crippen LogP contribution is -2.56. The van der Waals surface area contributed by atoms with Crippen LogP contribution < -0.4 is 15.5 Å². The zero-order valence-corrected chi connectivity index (χ0v) is 23.6. The van der Waals surface area contributed by atoms with Gasteiger partial charge in [-0.25, -0.2) is 4.79 Å². The van der Waals surface area contributed by atoms with Crippen LogP contribution in [0.5, 0.6) is 0 Å². The normalized spacial score (nSPS) is 19.7. The number of hydrogen-bond acceptors (Lipinski definition) is 6. The largest absolute Gasteiger partial charge is 0.385 e.